The molecule has 0 aromatic carbocycles. The fraction of sp³-hybridized carbons (Fsp3) is 0.800. The predicted octanol–water partition coefficient (Wildman–Crippen LogP) is 2.34. The Morgan fingerprint density at radius 3 is 2.50 bits per heavy atom. The second-order valence-corrected chi connectivity index (χ2v) is 6.62. The van der Waals surface area contributed by atoms with Crippen LogP contribution in [0.3, 0.4) is 0 Å². The minimum Gasteiger partial charge on any atom is -0.432 e. The second-order valence-electron chi connectivity index (χ2n) is 6.62. The molecule has 0 amide bonds. The number of aromatic nitrogens is 1. The van der Waals surface area contributed by atoms with Crippen molar-refractivity contribution in [2.24, 2.45) is 0 Å². The molecule has 0 saturated heterocycles. The van der Waals surface area contributed by atoms with Crippen molar-refractivity contribution in [1.29, 1.82) is 0 Å². The van der Waals surface area contributed by atoms with Crippen LogP contribution in [0.1, 0.15) is 40.3 Å². The van der Waals surface area contributed by atoms with E-state index in [0.717, 1.165) is 25.3 Å². The van der Waals surface area contributed by atoms with Crippen LogP contribution in [-0.4, -0.2) is 48.6 Å². The van der Waals surface area contributed by atoms with Gasteiger partial charge in [-0.25, -0.2) is 0 Å². The van der Waals surface area contributed by atoms with Gasteiger partial charge in [0.25, 0.3) is 6.01 Å². The number of hydrogen-bond donors (Lipinski definition) is 1. The van der Waals surface area contributed by atoms with Crippen LogP contribution >= 0.6 is 0 Å². The molecule has 1 unspecified atom stereocenters. The van der Waals surface area contributed by atoms with Crippen molar-refractivity contribution in [1.82, 2.24) is 15.2 Å². The lowest BCUT2D eigenvalue weighted by Crippen LogP contribution is -2.40. The molecule has 0 fully saturated rings. The highest BCUT2D eigenvalue weighted by molar-refractivity contribution is 5.28. The molecule has 1 aromatic rings. The summed E-state index contributed by atoms with van der Waals surface area (Å²) in [7, 11) is 4.16. The van der Waals surface area contributed by atoms with Crippen LogP contribution in [0, 0.1) is 0 Å². The average Bonchev–Trinajstić information content (AvgIpc) is 2.74. The maximum atomic E-state index is 5.64. The summed E-state index contributed by atoms with van der Waals surface area (Å²) in [6.45, 7) is 13.4. The van der Waals surface area contributed by atoms with Gasteiger partial charge in [0.1, 0.15) is 6.26 Å². The monoisotopic (exact) mass is 282 g/mol. The van der Waals surface area contributed by atoms with Crippen molar-refractivity contribution in [3.8, 4) is 0 Å². The average molecular weight is 282 g/mol. The minimum atomic E-state index is 0.0851. The fourth-order valence-corrected chi connectivity index (χ4v) is 2.13. The molecule has 0 aliphatic rings. The van der Waals surface area contributed by atoms with Gasteiger partial charge in [-0.1, -0.05) is 0 Å². The third-order valence-electron chi connectivity index (χ3n) is 3.09. The highest BCUT2D eigenvalue weighted by Gasteiger charge is 2.19. The van der Waals surface area contributed by atoms with Crippen molar-refractivity contribution >= 4 is 6.01 Å². The third kappa shape index (κ3) is 5.51. The fourth-order valence-electron chi connectivity index (χ4n) is 2.13. The van der Waals surface area contributed by atoms with Gasteiger partial charge in [0, 0.05) is 31.2 Å². The van der Waals surface area contributed by atoms with E-state index in [1.165, 1.54) is 0 Å². The van der Waals surface area contributed by atoms with E-state index in [0.29, 0.717) is 12.1 Å². The first kappa shape index (κ1) is 17.0. The van der Waals surface area contributed by atoms with Crippen LogP contribution in [0.4, 0.5) is 6.01 Å². The molecular weight excluding hydrogens is 252 g/mol. The first-order valence-corrected chi connectivity index (χ1v) is 7.33. The number of nitrogens with zero attached hydrogens (tertiary/aromatic N) is 3. The Morgan fingerprint density at radius 2 is 2.00 bits per heavy atom. The molecule has 0 aliphatic carbocycles. The van der Waals surface area contributed by atoms with Gasteiger partial charge >= 0.3 is 0 Å². The summed E-state index contributed by atoms with van der Waals surface area (Å²) >= 11 is 0. The van der Waals surface area contributed by atoms with Gasteiger partial charge in [-0.3, -0.25) is 0 Å². The normalized spacial score (nSPS) is 13.8. The van der Waals surface area contributed by atoms with E-state index in [9.17, 15) is 0 Å². The van der Waals surface area contributed by atoms with Gasteiger partial charge in [0.05, 0.1) is 5.69 Å². The van der Waals surface area contributed by atoms with Gasteiger partial charge < -0.3 is 19.5 Å². The Kier molecular flexibility index (Phi) is 6.02. The quantitative estimate of drug-likeness (QED) is 0.831. The van der Waals surface area contributed by atoms with Crippen molar-refractivity contribution in [2.75, 3.05) is 32.1 Å². The summed E-state index contributed by atoms with van der Waals surface area (Å²) in [5.41, 5.74) is 1.03. The summed E-state index contributed by atoms with van der Waals surface area (Å²) in [6.07, 6.45) is 1.75. The summed E-state index contributed by atoms with van der Waals surface area (Å²) in [5, 5.41) is 3.42. The van der Waals surface area contributed by atoms with E-state index < -0.39 is 0 Å². The van der Waals surface area contributed by atoms with Crippen LogP contribution in [0.25, 0.3) is 0 Å². The zero-order valence-electron chi connectivity index (χ0n) is 14.0. The van der Waals surface area contributed by atoms with E-state index in [1.54, 1.807) is 6.26 Å². The molecule has 5 heteroatoms. The first-order valence-electron chi connectivity index (χ1n) is 7.33. The molecule has 0 spiro atoms. The molecule has 20 heavy (non-hydrogen) atoms. The van der Waals surface area contributed by atoms with Gasteiger partial charge in [0.15, 0.2) is 0 Å². The summed E-state index contributed by atoms with van der Waals surface area (Å²) in [4.78, 5) is 8.97. The lowest BCUT2D eigenvalue weighted by atomic mass is 10.1. The number of nitrogens with one attached hydrogen (secondary N) is 1. The number of hydrogen-bond acceptors (Lipinski definition) is 5. The molecule has 5 nitrogen and oxygen atoms in total. The lowest BCUT2D eigenvalue weighted by Gasteiger charge is -2.28. The van der Waals surface area contributed by atoms with Crippen LogP contribution in [0.2, 0.25) is 0 Å². The number of oxazole rings is 1. The van der Waals surface area contributed by atoms with E-state index in [-0.39, 0.29) is 5.54 Å². The molecule has 0 bridgehead atoms. The summed E-state index contributed by atoms with van der Waals surface area (Å²) in [6, 6.07) is 1.09. The van der Waals surface area contributed by atoms with Crippen molar-refractivity contribution in [3.05, 3.63) is 12.0 Å². The first-order chi connectivity index (χ1) is 9.23. The van der Waals surface area contributed by atoms with E-state index >= 15 is 0 Å². The van der Waals surface area contributed by atoms with Crippen LogP contribution < -0.4 is 10.2 Å². The Bertz CT molecular complexity index is 395. The molecule has 1 N–H and O–H groups in total. The van der Waals surface area contributed by atoms with Crippen molar-refractivity contribution in [2.45, 2.75) is 52.7 Å². The smallest absolute Gasteiger partial charge is 0.297 e. The van der Waals surface area contributed by atoms with E-state index in [2.05, 4.69) is 68.8 Å². The molecule has 116 valence electrons. The number of anilines is 1. The van der Waals surface area contributed by atoms with Gasteiger partial charge in [-0.05, 0) is 48.7 Å². The standard InChI is InChI=1S/C15H30N4O/c1-8-19(12(2)10-18(6)7)14-17-13(11-20-14)9-16-15(3,4)5/h11-12,16H,8-10H2,1-7H3. The van der Waals surface area contributed by atoms with Crippen molar-refractivity contribution < 1.29 is 4.42 Å². The van der Waals surface area contributed by atoms with Crippen molar-refractivity contribution in [3.63, 3.8) is 0 Å². The van der Waals surface area contributed by atoms with Crippen LogP contribution in [0.15, 0.2) is 10.7 Å². The lowest BCUT2D eigenvalue weighted by molar-refractivity contribution is 0.363. The molecular formula is C15H30N4O. The van der Waals surface area contributed by atoms with E-state index in [4.69, 9.17) is 4.42 Å². The number of likely N-dealkylation sites (N-methyl/N-ethyl adjacent to an activating group) is 2. The predicted molar refractivity (Wildman–Crippen MR) is 84.1 cm³/mol. The molecule has 1 heterocycles. The van der Waals surface area contributed by atoms with Gasteiger partial charge in [-0.15, -0.1) is 0 Å². The maximum absolute atomic E-state index is 5.64. The second kappa shape index (κ2) is 7.09. The molecule has 0 saturated carbocycles. The maximum Gasteiger partial charge on any atom is 0.297 e. The summed E-state index contributed by atoms with van der Waals surface area (Å²) in [5.74, 6) is 0. The Hall–Kier alpha value is -1.07. The van der Waals surface area contributed by atoms with Crippen LogP contribution in [-0.2, 0) is 6.54 Å². The number of rotatable bonds is 7. The van der Waals surface area contributed by atoms with Gasteiger partial charge in [-0.2, -0.15) is 4.98 Å². The Morgan fingerprint density at radius 1 is 1.35 bits per heavy atom. The minimum absolute atomic E-state index is 0.0851. The topological polar surface area (TPSA) is 44.5 Å². The largest absolute Gasteiger partial charge is 0.432 e. The highest BCUT2D eigenvalue weighted by atomic mass is 16.4. The molecule has 0 aliphatic heterocycles. The SMILES string of the molecule is CCN(c1nc(CNC(C)(C)C)co1)C(C)CN(C)C. The molecule has 1 aromatic heterocycles. The third-order valence-corrected chi connectivity index (χ3v) is 3.09. The highest BCUT2D eigenvalue weighted by Crippen LogP contribution is 2.17. The Balaban J connectivity index is 2.68. The molecule has 1 atom stereocenters. The summed E-state index contributed by atoms with van der Waals surface area (Å²) < 4.78 is 5.64. The van der Waals surface area contributed by atoms with Crippen LogP contribution in [0.5, 0.6) is 0 Å². The van der Waals surface area contributed by atoms with Gasteiger partial charge in [0.2, 0.25) is 0 Å². The zero-order chi connectivity index (χ0) is 15.3. The molecule has 1 rings (SSSR count). The zero-order valence-corrected chi connectivity index (χ0v) is 14.0. The molecule has 0 radical (unpaired) electrons. The Labute approximate surface area is 123 Å². The van der Waals surface area contributed by atoms with E-state index in [1.807, 2.05) is 0 Å².